The van der Waals surface area contributed by atoms with Crippen LogP contribution < -0.4 is 10.2 Å². The minimum absolute atomic E-state index is 0.0198. The topological polar surface area (TPSA) is 59.5 Å². The summed E-state index contributed by atoms with van der Waals surface area (Å²) in [6, 6.07) is -0.0198. The van der Waals surface area contributed by atoms with Crippen molar-refractivity contribution in [2.24, 2.45) is 0 Å². The maximum Gasteiger partial charge on any atom is 0.224 e. The molecule has 1 N–H and O–H groups in total. The lowest BCUT2D eigenvalue weighted by Gasteiger charge is -2.30. The molecule has 0 spiro atoms. The van der Waals surface area contributed by atoms with Crippen molar-refractivity contribution in [3.63, 3.8) is 0 Å². The van der Waals surface area contributed by atoms with Crippen LogP contribution in [0.25, 0.3) is 0 Å². The van der Waals surface area contributed by atoms with Gasteiger partial charge in [0.05, 0.1) is 25.5 Å². The third-order valence-corrected chi connectivity index (χ3v) is 3.01. The molecular weight excluding hydrogens is 275 g/mol. The van der Waals surface area contributed by atoms with Gasteiger partial charge in [-0.05, 0) is 13.3 Å². The van der Waals surface area contributed by atoms with Crippen molar-refractivity contribution < 1.29 is 13.9 Å². The monoisotopic (exact) mass is 300 g/mol. The lowest BCUT2D eigenvalue weighted by Crippen LogP contribution is -2.40. The second-order valence-corrected chi connectivity index (χ2v) is 4.78. The Morgan fingerprint density at radius 3 is 2.76 bits per heavy atom. The number of hydrogen-bond acceptors (Lipinski definition) is 6. The molecule has 0 aromatic carbocycles. The highest BCUT2D eigenvalue weighted by Crippen LogP contribution is 2.20. The van der Waals surface area contributed by atoms with Crippen LogP contribution in [0, 0.1) is 5.82 Å². The van der Waals surface area contributed by atoms with Crippen LogP contribution >= 0.6 is 0 Å². The summed E-state index contributed by atoms with van der Waals surface area (Å²) < 4.78 is 24.3. The van der Waals surface area contributed by atoms with Crippen LogP contribution in [-0.2, 0) is 9.47 Å². The van der Waals surface area contributed by atoms with Gasteiger partial charge in [0.25, 0.3) is 0 Å². The first-order valence-electron chi connectivity index (χ1n) is 7.14. The highest BCUT2D eigenvalue weighted by molar-refractivity contribution is 5.45. The molecule has 0 aliphatic rings. The Hall–Kier alpha value is -1.47. The minimum Gasteiger partial charge on any atom is -0.383 e. The Morgan fingerprint density at radius 1 is 1.38 bits per heavy atom. The normalized spacial score (nSPS) is 12.2. The predicted octanol–water partition coefficient (Wildman–Crippen LogP) is 1.93. The van der Waals surface area contributed by atoms with Crippen LogP contribution in [-0.4, -0.2) is 56.5 Å². The number of methoxy groups -OCH3 is 2. The van der Waals surface area contributed by atoms with Gasteiger partial charge in [-0.15, -0.1) is 0 Å². The Bertz CT molecular complexity index is 420. The molecule has 1 atom stereocenters. The summed E-state index contributed by atoms with van der Waals surface area (Å²) in [6.45, 7) is 6.24. The Morgan fingerprint density at radius 2 is 2.14 bits per heavy atom. The molecule has 0 aliphatic carbocycles. The molecule has 7 heteroatoms. The lowest BCUT2D eigenvalue weighted by molar-refractivity contribution is 0.170. The fourth-order valence-electron chi connectivity index (χ4n) is 1.94. The summed E-state index contributed by atoms with van der Waals surface area (Å²) in [6.07, 6.45) is 2.14. The Labute approximate surface area is 125 Å². The molecule has 0 bridgehead atoms. The standard InChI is InChI=1S/C14H25FN4O2/c1-5-6-16-14-17-9-12(15)13(18-14)19(7-8-20-3)11(2)10-21-4/h9,11H,5-8,10H2,1-4H3,(H,16,17,18). The van der Waals surface area contributed by atoms with Gasteiger partial charge in [-0.25, -0.2) is 9.37 Å². The van der Waals surface area contributed by atoms with Gasteiger partial charge in [-0.3, -0.25) is 0 Å². The van der Waals surface area contributed by atoms with Crippen LogP contribution in [0.4, 0.5) is 16.2 Å². The van der Waals surface area contributed by atoms with Gasteiger partial charge in [0.1, 0.15) is 0 Å². The van der Waals surface area contributed by atoms with E-state index in [1.165, 1.54) is 6.20 Å². The first-order valence-corrected chi connectivity index (χ1v) is 7.14. The van der Waals surface area contributed by atoms with Crippen molar-refractivity contribution >= 4 is 11.8 Å². The molecule has 21 heavy (non-hydrogen) atoms. The Balaban J connectivity index is 2.97. The molecule has 6 nitrogen and oxygen atoms in total. The molecule has 0 saturated carbocycles. The molecule has 1 rings (SSSR count). The van der Waals surface area contributed by atoms with Gasteiger partial charge in [0.2, 0.25) is 5.95 Å². The van der Waals surface area contributed by atoms with Crippen molar-refractivity contribution in [2.75, 3.05) is 50.7 Å². The molecule has 1 unspecified atom stereocenters. The third-order valence-electron chi connectivity index (χ3n) is 3.01. The van der Waals surface area contributed by atoms with E-state index in [9.17, 15) is 4.39 Å². The highest BCUT2D eigenvalue weighted by atomic mass is 19.1. The van der Waals surface area contributed by atoms with Gasteiger partial charge >= 0.3 is 0 Å². The number of ether oxygens (including phenoxy) is 2. The summed E-state index contributed by atoms with van der Waals surface area (Å²) in [5.41, 5.74) is 0. The van der Waals surface area contributed by atoms with Gasteiger partial charge in [0, 0.05) is 27.3 Å². The molecule has 1 aromatic rings. The molecule has 0 aliphatic heterocycles. The fourth-order valence-corrected chi connectivity index (χ4v) is 1.94. The smallest absolute Gasteiger partial charge is 0.224 e. The second kappa shape index (κ2) is 9.46. The van der Waals surface area contributed by atoms with Gasteiger partial charge in [-0.2, -0.15) is 4.98 Å². The zero-order valence-corrected chi connectivity index (χ0v) is 13.2. The van der Waals surface area contributed by atoms with Gasteiger partial charge in [0.15, 0.2) is 11.6 Å². The summed E-state index contributed by atoms with van der Waals surface area (Å²) in [7, 11) is 3.24. The van der Waals surface area contributed by atoms with Crippen molar-refractivity contribution in [3.8, 4) is 0 Å². The van der Waals surface area contributed by atoms with Crippen molar-refractivity contribution in [2.45, 2.75) is 26.3 Å². The third kappa shape index (κ3) is 5.43. The molecule has 0 saturated heterocycles. The molecule has 1 heterocycles. The maximum atomic E-state index is 14.1. The van der Waals surface area contributed by atoms with Gasteiger partial charge in [-0.1, -0.05) is 6.92 Å². The molecule has 1 aromatic heterocycles. The average molecular weight is 300 g/mol. The van der Waals surface area contributed by atoms with Crippen LogP contribution in [0.1, 0.15) is 20.3 Å². The minimum atomic E-state index is -0.448. The predicted molar refractivity (Wildman–Crippen MR) is 81.3 cm³/mol. The van der Waals surface area contributed by atoms with Crippen LogP contribution in [0.15, 0.2) is 6.20 Å². The number of anilines is 2. The van der Waals surface area contributed by atoms with E-state index in [-0.39, 0.29) is 11.9 Å². The lowest BCUT2D eigenvalue weighted by atomic mass is 10.3. The number of halogens is 1. The maximum absolute atomic E-state index is 14.1. The molecule has 0 fully saturated rings. The van der Waals surface area contributed by atoms with Crippen LogP contribution in [0.3, 0.4) is 0 Å². The van der Waals surface area contributed by atoms with Crippen LogP contribution in [0.5, 0.6) is 0 Å². The number of aromatic nitrogens is 2. The molecule has 0 amide bonds. The van der Waals surface area contributed by atoms with E-state index in [1.54, 1.807) is 14.2 Å². The molecule has 0 radical (unpaired) electrons. The summed E-state index contributed by atoms with van der Waals surface area (Å²) in [4.78, 5) is 10.1. The zero-order chi connectivity index (χ0) is 15.7. The van der Waals surface area contributed by atoms with Crippen molar-refractivity contribution in [3.05, 3.63) is 12.0 Å². The number of nitrogens with zero attached hydrogens (tertiary/aromatic N) is 3. The summed E-state index contributed by atoms with van der Waals surface area (Å²) in [5, 5.41) is 3.07. The van der Waals surface area contributed by atoms with E-state index in [0.717, 1.165) is 13.0 Å². The highest BCUT2D eigenvalue weighted by Gasteiger charge is 2.20. The first kappa shape index (κ1) is 17.6. The van der Waals surface area contributed by atoms with E-state index in [4.69, 9.17) is 9.47 Å². The van der Waals surface area contributed by atoms with Crippen molar-refractivity contribution in [1.82, 2.24) is 9.97 Å². The SMILES string of the molecule is CCCNc1ncc(F)c(N(CCOC)C(C)COC)n1. The number of nitrogens with one attached hydrogen (secondary N) is 1. The molecule has 120 valence electrons. The average Bonchev–Trinajstić information content (AvgIpc) is 2.48. The summed E-state index contributed by atoms with van der Waals surface area (Å²) in [5.74, 6) is 0.251. The molecular formula is C14H25FN4O2. The first-order chi connectivity index (χ1) is 10.1. The number of hydrogen-bond donors (Lipinski definition) is 1. The second-order valence-electron chi connectivity index (χ2n) is 4.78. The van der Waals surface area contributed by atoms with E-state index in [2.05, 4.69) is 15.3 Å². The van der Waals surface area contributed by atoms with Gasteiger partial charge < -0.3 is 19.7 Å². The Kier molecular flexibility index (Phi) is 7.92. The fraction of sp³-hybridized carbons (Fsp3) is 0.714. The van der Waals surface area contributed by atoms with Crippen molar-refractivity contribution in [1.29, 1.82) is 0 Å². The van der Waals surface area contributed by atoms with Crippen LogP contribution in [0.2, 0.25) is 0 Å². The number of rotatable bonds is 10. The van der Waals surface area contributed by atoms with E-state index < -0.39 is 5.82 Å². The van der Waals surface area contributed by atoms with E-state index in [0.29, 0.717) is 25.7 Å². The summed E-state index contributed by atoms with van der Waals surface area (Å²) >= 11 is 0. The van der Waals surface area contributed by atoms with E-state index >= 15 is 0 Å². The zero-order valence-electron chi connectivity index (χ0n) is 13.2. The quantitative estimate of drug-likeness (QED) is 0.712. The van der Waals surface area contributed by atoms with E-state index in [1.807, 2.05) is 18.7 Å². The largest absolute Gasteiger partial charge is 0.383 e.